The van der Waals surface area contributed by atoms with Gasteiger partial charge in [0, 0.05) is 22.5 Å². The molecule has 164 valence electrons. The van der Waals surface area contributed by atoms with Crippen molar-refractivity contribution in [2.45, 2.75) is 13.1 Å². The van der Waals surface area contributed by atoms with Crippen LogP contribution < -0.4 is 10.9 Å². The molecule has 4 aromatic rings. The molecule has 0 atom stereocenters. The summed E-state index contributed by atoms with van der Waals surface area (Å²) in [6.45, 7) is 1.71. The van der Waals surface area contributed by atoms with Crippen LogP contribution in [0.3, 0.4) is 0 Å². The summed E-state index contributed by atoms with van der Waals surface area (Å²) in [7, 11) is 0. The fourth-order valence-electron chi connectivity index (χ4n) is 3.19. The second-order valence-electron chi connectivity index (χ2n) is 6.91. The van der Waals surface area contributed by atoms with Crippen molar-refractivity contribution in [1.29, 1.82) is 0 Å². The van der Waals surface area contributed by atoms with Gasteiger partial charge in [-0.1, -0.05) is 17.7 Å². The molecule has 4 rings (SSSR count). The lowest BCUT2D eigenvalue weighted by Gasteiger charge is -2.13. The number of benzene rings is 2. The molecule has 0 aliphatic rings. The van der Waals surface area contributed by atoms with Crippen molar-refractivity contribution in [1.82, 2.24) is 19.6 Å². The standard InChI is InChI=1S/C21H15ClF3N5O2/c1-12-9-18(31)29(28-12)16-4-2-3-14(10-16)27-20(32)17-11-26-30(19(17)21(23,24)25)15-7-5-13(22)6-8-15/h2-11,28H,1H3,(H,27,32). The van der Waals surface area contributed by atoms with E-state index in [1.54, 1.807) is 19.1 Å². The molecule has 0 spiro atoms. The number of H-pyrrole nitrogens is 1. The van der Waals surface area contributed by atoms with E-state index in [-0.39, 0.29) is 16.9 Å². The van der Waals surface area contributed by atoms with Crippen LogP contribution in [0.5, 0.6) is 0 Å². The van der Waals surface area contributed by atoms with E-state index in [9.17, 15) is 22.8 Å². The van der Waals surface area contributed by atoms with Gasteiger partial charge in [-0.2, -0.15) is 18.3 Å². The average molecular weight is 462 g/mol. The van der Waals surface area contributed by atoms with E-state index in [1.165, 1.54) is 47.1 Å². The second-order valence-corrected chi connectivity index (χ2v) is 7.35. The SMILES string of the molecule is Cc1cc(=O)n(-c2cccc(NC(=O)c3cnn(-c4ccc(Cl)cc4)c3C(F)(F)F)c2)[nH]1. The highest BCUT2D eigenvalue weighted by Gasteiger charge is 2.40. The number of rotatable bonds is 4. The van der Waals surface area contributed by atoms with E-state index >= 15 is 0 Å². The Kier molecular flexibility index (Phi) is 5.39. The lowest BCUT2D eigenvalue weighted by Crippen LogP contribution is -2.21. The predicted octanol–water partition coefficient (Wildman–Crippen LogP) is 4.58. The van der Waals surface area contributed by atoms with Crippen LogP contribution in [-0.2, 0) is 6.18 Å². The molecule has 2 N–H and O–H groups in total. The lowest BCUT2D eigenvalue weighted by molar-refractivity contribution is -0.143. The maximum atomic E-state index is 13.8. The minimum Gasteiger partial charge on any atom is -0.322 e. The van der Waals surface area contributed by atoms with Gasteiger partial charge in [-0.15, -0.1) is 0 Å². The van der Waals surface area contributed by atoms with Gasteiger partial charge in [0.05, 0.1) is 23.1 Å². The van der Waals surface area contributed by atoms with Crippen molar-refractivity contribution in [3.8, 4) is 11.4 Å². The molecular formula is C21H15ClF3N5O2. The van der Waals surface area contributed by atoms with Crippen molar-refractivity contribution in [2.24, 2.45) is 0 Å². The third-order valence-corrected chi connectivity index (χ3v) is 4.82. The fourth-order valence-corrected chi connectivity index (χ4v) is 3.32. The van der Waals surface area contributed by atoms with Crippen molar-refractivity contribution in [3.63, 3.8) is 0 Å². The highest BCUT2D eigenvalue weighted by molar-refractivity contribution is 6.30. The zero-order valence-corrected chi connectivity index (χ0v) is 17.2. The minimum atomic E-state index is -4.85. The zero-order valence-electron chi connectivity index (χ0n) is 16.4. The highest BCUT2D eigenvalue weighted by Crippen LogP contribution is 2.34. The van der Waals surface area contributed by atoms with Gasteiger partial charge < -0.3 is 5.32 Å². The monoisotopic (exact) mass is 461 g/mol. The van der Waals surface area contributed by atoms with E-state index in [0.29, 0.717) is 21.1 Å². The summed E-state index contributed by atoms with van der Waals surface area (Å²) >= 11 is 5.80. The Labute approximate surface area is 184 Å². The molecular weight excluding hydrogens is 447 g/mol. The fraction of sp³-hybridized carbons (Fsp3) is 0.0952. The van der Waals surface area contributed by atoms with Crippen molar-refractivity contribution in [2.75, 3.05) is 5.32 Å². The van der Waals surface area contributed by atoms with Gasteiger partial charge in [-0.3, -0.25) is 14.7 Å². The Bertz CT molecular complexity index is 1350. The van der Waals surface area contributed by atoms with Gasteiger partial charge in [-0.05, 0) is 49.4 Å². The van der Waals surface area contributed by atoms with Gasteiger partial charge in [0.2, 0.25) is 0 Å². The van der Waals surface area contributed by atoms with E-state index in [0.717, 1.165) is 6.20 Å². The summed E-state index contributed by atoms with van der Waals surface area (Å²) in [5.41, 5.74) is -0.823. The molecule has 32 heavy (non-hydrogen) atoms. The van der Waals surface area contributed by atoms with Crippen LogP contribution >= 0.6 is 11.6 Å². The molecule has 0 saturated carbocycles. The number of carbonyl (C=O) groups excluding carboxylic acids is 1. The molecule has 0 unspecified atom stereocenters. The third kappa shape index (κ3) is 4.17. The predicted molar refractivity (Wildman–Crippen MR) is 113 cm³/mol. The Hall–Kier alpha value is -3.79. The van der Waals surface area contributed by atoms with Crippen LogP contribution in [-0.4, -0.2) is 25.5 Å². The molecule has 2 aromatic carbocycles. The number of hydrogen-bond donors (Lipinski definition) is 2. The minimum absolute atomic E-state index is 0.101. The maximum Gasteiger partial charge on any atom is 0.434 e. The normalized spacial score (nSPS) is 11.5. The Morgan fingerprint density at radius 1 is 1.09 bits per heavy atom. The number of aromatic nitrogens is 4. The summed E-state index contributed by atoms with van der Waals surface area (Å²) in [5.74, 6) is -0.996. The first-order chi connectivity index (χ1) is 15.1. The molecule has 2 heterocycles. The molecule has 1 amide bonds. The number of carbonyl (C=O) groups is 1. The Morgan fingerprint density at radius 3 is 2.44 bits per heavy atom. The second kappa shape index (κ2) is 8.04. The Morgan fingerprint density at radius 2 is 1.81 bits per heavy atom. The number of nitrogens with one attached hydrogen (secondary N) is 2. The number of halogens is 4. The number of alkyl halides is 3. The molecule has 0 fully saturated rings. The topological polar surface area (TPSA) is 84.7 Å². The summed E-state index contributed by atoms with van der Waals surface area (Å²) in [5, 5.41) is 9.40. The molecule has 2 aromatic heterocycles. The molecule has 0 aliphatic heterocycles. The molecule has 0 radical (unpaired) electrons. The largest absolute Gasteiger partial charge is 0.434 e. The van der Waals surface area contributed by atoms with Gasteiger partial charge in [0.1, 0.15) is 0 Å². The van der Waals surface area contributed by atoms with Crippen LogP contribution in [0.1, 0.15) is 21.7 Å². The number of anilines is 1. The summed E-state index contributed by atoms with van der Waals surface area (Å²) < 4.78 is 43.4. The van der Waals surface area contributed by atoms with Crippen molar-refractivity contribution in [3.05, 3.63) is 93.1 Å². The van der Waals surface area contributed by atoms with Crippen LogP contribution in [0.2, 0.25) is 5.02 Å². The van der Waals surface area contributed by atoms with Crippen LogP contribution in [0.4, 0.5) is 18.9 Å². The summed E-state index contributed by atoms with van der Waals surface area (Å²) in [4.78, 5) is 24.7. The summed E-state index contributed by atoms with van der Waals surface area (Å²) in [6.07, 6.45) is -3.99. The van der Waals surface area contributed by atoms with Gasteiger partial charge in [0.25, 0.3) is 11.5 Å². The van der Waals surface area contributed by atoms with E-state index in [2.05, 4.69) is 15.5 Å². The van der Waals surface area contributed by atoms with Gasteiger partial charge in [-0.25, -0.2) is 9.36 Å². The third-order valence-electron chi connectivity index (χ3n) is 4.56. The molecule has 7 nitrogen and oxygen atoms in total. The number of amides is 1. The molecule has 0 saturated heterocycles. The number of aromatic amines is 1. The van der Waals surface area contributed by atoms with E-state index < -0.39 is 23.3 Å². The van der Waals surface area contributed by atoms with E-state index in [1.807, 2.05) is 0 Å². The highest BCUT2D eigenvalue weighted by atomic mass is 35.5. The van der Waals surface area contributed by atoms with Crippen molar-refractivity contribution >= 4 is 23.2 Å². The maximum absolute atomic E-state index is 13.8. The first-order valence-electron chi connectivity index (χ1n) is 9.25. The Balaban J connectivity index is 1.69. The van der Waals surface area contributed by atoms with Crippen LogP contribution in [0.15, 0.2) is 65.6 Å². The molecule has 11 heteroatoms. The number of nitrogens with zero attached hydrogens (tertiary/aromatic N) is 3. The first-order valence-corrected chi connectivity index (χ1v) is 9.63. The van der Waals surface area contributed by atoms with Crippen molar-refractivity contribution < 1.29 is 18.0 Å². The van der Waals surface area contributed by atoms with Crippen LogP contribution in [0.25, 0.3) is 11.4 Å². The average Bonchev–Trinajstić information content (AvgIpc) is 3.32. The first kappa shape index (κ1) is 21.4. The van der Waals surface area contributed by atoms with Crippen LogP contribution in [0, 0.1) is 6.92 Å². The summed E-state index contributed by atoms with van der Waals surface area (Å²) in [6, 6.07) is 13.1. The van der Waals surface area contributed by atoms with Gasteiger partial charge >= 0.3 is 6.18 Å². The smallest absolute Gasteiger partial charge is 0.322 e. The number of hydrogen-bond acceptors (Lipinski definition) is 3. The molecule has 0 bridgehead atoms. The van der Waals surface area contributed by atoms with E-state index in [4.69, 9.17) is 11.6 Å². The number of aryl methyl sites for hydroxylation is 1. The quantitative estimate of drug-likeness (QED) is 0.466. The molecule has 0 aliphatic carbocycles. The van der Waals surface area contributed by atoms with Gasteiger partial charge in [0.15, 0.2) is 5.69 Å². The lowest BCUT2D eigenvalue weighted by atomic mass is 10.2. The zero-order chi connectivity index (χ0) is 23.0.